The number of benzene rings is 2. The van der Waals surface area contributed by atoms with Crippen molar-refractivity contribution in [1.29, 1.82) is 0 Å². The lowest BCUT2D eigenvalue weighted by atomic mass is 9.75. The summed E-state index contributed by atoms with van der Waals surface area (Å²) in [4.78, 5) is 32.1. The third-order valence-corrected chi connectivity index (χ3v) is 5.92. The molecule has 166 valence electrons. The van der Waals surface area contributed by atoms with Crippen molar-refractivity contribution in [3.63, 3.8) is 0 Å². The molecule has 1 fully saturated rings. The lowest BCUT2D eigenvalue weighted by Crippen LogP contribution is -2.51. The molecule has 2 heterocycles. The van der Waals surface area contributed by atoms with Crippen LogP contribution in [0.2, 0.25) is 0 Å². The summed E-state index contributed by atoms with van der Waals surface area (Å²) in [5, 5.41) is 0.609. The Hall–Kier alpha value is -3.35. The predicted molar refractivity (Wildman–Crippen MR) is 116 cm³/mol. The zero-order valence-electron chi connectivity index (χ0n) is 17.8. The molecule has 5 nitrogen and oxygen atoms in total. The van der Waals surface area contributed by atoms with Gasteiger partial charge in [0.2, 0.25) is 0 Å². The van der Waals surface area contributed by atoms with Gasteiger partial charge in [0, 0.05) is 18.5 Å². The second kappa shape index (κ2) is 9.02. The Balaban J connectivity index is 1.63. The Morgan fingerprint density at radius 1 is 1.09 bits per heavy atom. The van der Waals surface area contributed by atoms with Gasteiger partial charge in [-0.1, -0.05) is 30.3 Å². The van der Waals surface area contributed by atoms with Gasteiger partial charge in [0.1, 0.15) is 22.8 Å². The minimum Gasteiger partial charge on any atom is -0.466 e. The van der Waals surface area contributed by atoms with Crippen LogP contribution in [0.4, 0.5) is 8.78 Å². The zero-order valence-corrected chi connectivity index (χ0v) is 17.8. The predicted octanol–water partition coefficient (Wildman–Crippen LogP) is 4.54. The molecule has 0 saturated carbocycles. The molecule has 1 aliphatic heterocycles. The highest BCUT2D eigenvalue weighted by Crippen LogP contribution is 2.36. The lowest BCUT2D eigenvalue weighted by Gasteiger charge is -2.41. The summed E-state index contributed by atoms with van der Waals surface area (Å²) in [7, 11) is 0. The summed E-state index contributed by atoms with van der Waals surface area (Å²) in [6.07, 6.45) is 1.48. The molecule has 0 N–H and O–H groups in total. The summed E-state index contributed by atoms with van der Waals surface area (Å²) < 4.78 is 32.9. The average Bonchev–Trinajstić information content (AvgIpc) is 2.80. The van der Waals surface area contributed by atoms with E-state index in [9.17, 15) is 18.4 Å². The molecule has 0 radical (unpaired) electrons. The van der Waals surface area contributed by atoms with Crippen molar-refractivity contribution in [3.8, 4) is 0 Å². The standard InChI is InChI=1S/C25H24F2N2O3/c1-2-32-24(31)25(15-17-7-10-19(26)11-8-17)13-4-14-29(16-25)23(30)21-12-9-18-5-3-6-20(27)22(18)28-21/h3,5-12H,2,4,13-16H2,1H3/t25-/m1/s1. The number of piperidine rings is 1. The van der Waals surface area contributed by atoms with Gasteiger partial charge >= 0.3 is 5.97 Å². The molecule has 0 spiro atoms. The summed E-state index contributed by atoms with van der Waals surface area (Å²) in [6.45, 7) is 2.58. The molecule has 4 rings (SSSR count). The molecule has 7 heteroatoms. The van der Waals surface area contributed by atoms with E-state index in [4.69, 9.17) is 4.74 Å². The lowest BCUT2D eigenvalue weighted by molar-refractivity contribution is -0.158. The number of nitrogens with zero attached hydrogens (tertiary/aromatic N) is 2. The van der Waals surface area contributed by atoms with E-state index in [0.717, 1.165) is 5.56 Å². The van der Waals surface area contributed by atoms with Crippen LogP contribution in [0, 0.1) is 17.0 Å². The molecule has 0 bridgehead atoms. The van der Waals surface area contributed by atoms with E-state index in [0.29, 0.717) is 31.2 Å². The van der Waals surface area contributed by atoms with Crippen molar-refractivity contribution in [2.45, 2.75) is 26.2 Å². The fraction of sp³-hybridized carbons (Fsp3) is 0.320. The van der Waals surface area contributed by atoms with Crippen molar-refractivity contribution < 1.29 is 23.1 Å². The van der Waals surface area contributed by atoms with Crippen molar-refractivity contribution in [1.82, 2.24) is 9.88 Å². The van der Waals surface area contributed by atoms with Gasteiger partial charge in [-0.3, -0.25) is 9.59 Å². The number of halogens is 2. The molecule has 3 aromatic rings. The van der Waals surface area contributed by atoms with E-state index < -0.39 is 11.2 Å². The number of para-hydroxylation sites is 1. The Bertz CT molecular complexity index is 1150. The molecule has 1 saturated heterocycles. The van der Waals surface area contributed by atoms with Gasteiger partial charge in [0.25, 0.3) is 5.91 Å². The van der Waals surface area contributed by atoms with Crippen LogP contribution in [-0.4, -0.2) is 41.5 Å². The zero-order chi connectivity index (χ0) is 22.7. The van der Waals surface area contributed by atoms with E-state index in [1.807, 2.05) is 0 Å². The number of amides is 1. The Morgan fingerprint density at radius 3 is 2.62 bits per heavy atom. The number of pyridine rings is 1. The average molecular weight is 438 g/mol. The summed E-state index contributed by atoms with van der Waals surface area (Å²) in [6, 6.07) is 13.9. The summed E-state index contributed by atoms with van der Waals surface area (Å²) in [5.41, 5.74) is 0.117. The Kier molecular flexibility index (Phi) is 6.17. The molecular formula is C25H24F2N2O3. The van der Waals surface area contributed by atoms with Crippen LogP contribution < -0.4 is 0 Å². The Morgan fingerprint density at radius 2 is 1.88 bits per heavy atom. The van der Waals surface area contributed by atoms with Crippen LogP contribution in [0.5, 0.6) is 0 Å². The number of rotatable bonds is 5. The number of ether oxygens (including phenoxy) is 1. The largest absolute Gasteiger partial charge is 0.466 e. The molecule has 1 aromatic heterocycles. The van der Waals surface area contributed by atoms with Gasteiger partial charge in [-0.15, -0.1) is 0 Å². The smallest absolute Gasteiger partial charge is 0.314 e. The number of aromatic nitrogens is 1. The molecule has 1 amide bonds. The third-order valence-electron chi connectivity index (χ3n) is 5.92. The quantitative estimate of drug-likeness (QED) is 0.549. The second-order valence-corrected chi connectivity index (χ2v) is 8.14. The number of esters is 1. The van der Waals surface area contributed by atoms with E-state index in [1.54, 1.807) is 48.2 Å². The highest BCUT2D eigenvalue weighted by Gasteiger charge is 2.45. The normalized spacial score (nSPS) is 18.5. The van der Waals surface area contributed by atoms with Crippen LogP contribution in [0.25, 0.3) is 10.9 Å². The fourth-order valence-corrected chi connectivity index (χ4v) is 4.36. The molecule has 0 aliphatic carbocycles. The highest BCUT2D eigenvalue weighted by atomic mass is 19.1. The highest BCUT2D eigenvalue weighted by molar-refractivity contribution is 5.95. The second-order valence-electron chi connectivity index (χ2n) is 8.14. The van der Waals surface area contributed by atoms with Crippen molar-refractivity contribution >= 4 is 22.8 Å². The fourth-order valence-electron chi connectivity index (χ4n) is 4.36. The summed E-state index contributed by atoms with van der Waals surface area (Å²) >= 11 is 0. The number of carbonyl (C=O) groups is 2. The van der Waals surface area contributed by atoms with Crippen LogP contribution >= 0.6 is 0 Å². The van der Waals surface area contributed by atoms with E-state index in [2.05, 4.69) is 4.98 Å². The first-order valence-electron chi connectivity index (χ1n) is 10.7. The van der Waals surface area contributed by atoms with Gasteiger partial charge in [-0.25, -0.2) is 13.8 Å². The van der Waals surface area contributed by atoms with Gasteiger partial charge in [-0.2, -0.15) is 0 Å². The Labute approximate surface area is 185 Å². The maximum absolute atomic E-state index is 14.2. The molecule has 32 heavy (non-hydrogen) atoms. The SMILES string of the molecule is CCOC(=O)[C@@]1(Cc2ccc(F)cc2)CCCN(C(=O)c2ccc3cccc(F)c3n2)C1. The monoisotopic (exact) mass is 438 g/mol. The van der Waals surface area contributed by atoms with Gasteiger partial charge in [-0.05, 0) is 56.0 Å². The molecule has 2 aromatic carbocycles. The molecule has 0 unspecified atom stereocenters. The van der Waals surface area contributed by atoms with Crippen molar-refractivity contribution in [3.05, 3.63) is 77.5 Å². The minimum absolute atomic E-state index is 0.129. The molecule has 1 aliphatic rings. The van der Waals surface area contributed by atoms with Gasteiger partial charge < -0.3 is 9.64 Å². The third kappa shape index (κ3) is 4.33. The molecular weight excluding hydrogens is 414 g/mol. The number of hydrogen-bond acceptors (Lipinski definition) is 4. The maximum Gasteiger partial charge on any atom is 0.314 e. The minimum atomic E-state index is -0.941. The summed E-state index contributed by atoms with van der Waals surface area (Å²) in [5.74, 6) is -1.58. The van der Waals surface area contributed by atoms with Crippen molar-refractivity contribution in [2.75, 3.05) is 19.7 Å². The van der Waals surface area contributed by atoms with E-state index >= 15 is 0 Å². The van der Waals surface area contributed by atoms with Gasteiger partial charge in [0.05, 0.1) is 12.0 Å². The first-order chi connectivity index (χ1) is 15.4. The first-order valence-corrected chi connectivity index (χ1v) is 10.7. The molecule has 1 atom stereocenters. The van der Waals surface area contributed by atoms with Crippen LogP contribution in [0.3, 0.4) is 0 Å². The number of likely N-dealkylation sites (tertiary alicyclic amines) is 1. The van der Waals surface area contributed by atoms with E-state index in [1.165, 1.54) is 18.2 Å². The van der Waals surface area contributed by atoms with Crippen LogP contribution in [0.15, 0.2) is 54.6 Å². The number of fused-ring (bicyclic) bond motifs is 1. The van der Waals surface area contributed by atoms with Gasteiger partial charge in [0.15, 0.2) is 0 Å². The maximum atomic E-state index is 14.2. The number of hydrogen-bond donors (Lipinski definition) is 0. The van der Waals surface area contributed by atoms with Crippen LogP contribution in [0.1, 0.15) is 35.8 Å². The van der Waals surface area contributed by atoms with E-state index in [-0.39, 0.29) is 42.1 Å². The first kappa shape index (κ1) is 21.9. The van der Waals surface area contributed by atoms with Crippen LogP contribution in [-0.2, 0) is 16.0 Å². The topological polar surface area (TPSA) is 59.5 Å². The number of carbonyl (C=O) groups excluding carboxylic acids is 2. The van der Waals surface area contributed by atoms with Crippen molar-refractivity contribution in [2.24, 2.45) is 5.41 Å².